The molecule has 0 atom stereocenters. The van der Waals surface area contributed by atoms with Crippen LogP contribution in [0.2, 0.25) is 0 Å². The van der Waals surface area contributed by atoms with Crippen LogP contribution in [0.25, 0.3) is 82.4 Å². The summed E-state index contributed by atoms with van der Waals surface area (Å²) < 4.78 is 2.50. The van der Waals surface area contributed by atoms with Crippen molar-refractivity contribution in [3.8, 4) is 39.1 Å². The summed E-state index contributed by atoms with van der Waals surface area (Å²) in [4.78, 5) is 0. The molecule has 0 amide bonds. The molecule has 0 aliphatic heterocycles. The summed E-state index contributed by atoms with van der Waals surface area (Å²) in [6.45, 7) is 16.3. The van der Waals surface area contributed by atoms with Crippen molar-refractivity contribution in [2.45, 2.75) is 59.3 Å². The lowest BCUT2D eigenvalue weighted by molar-refractivity contribution is 0.652. The Morgan fingerprint density at radius 3 is 1.20 bits per heavy atom. The highest BCUT2D eigenvalue weighted by Gasteiger charge is 2.43. The van der Waals surface area contributed by atoms with Crippen LogP contribution in [0.5, 0.6) is 0 Å². The van der Waals surface area contributed by atoms with Crippen LogP contribution in [0, 0.1) is 20.8 Å². The number of aryl methyl sites for hydroxylation is 3. The number of fused-ring (bicyclic) bond motifs is 13. The minimum Gasteiger partial charge on any atom is -0.309 e. The third-order valence-corrected chi connectivity index (χ3v) is 14.1. The average Bonchev–Trinajstić information content (AvgIpc) is 3.80. The molecule has 0 saturated carbocycles. The zero-order valence-electron chi connectivity index (χ0n) is 35.6. The van der Waals surface area contributed by atoms with Crippen molar-refractivity contribution >= 4 is 43.4 Å². The molecular formula is C59H49N. The molecular weight excluding hydrogens is 723 g/mol. The molecule has 0 bridgehead atoms. The maximum atomic E-state index is 2.56. The van der Waals surface area contributed by atoms with Gasteiger partial charge in [0.2, 0.25) is 0 Å². The molecule has 0 N–H and O–H groups in total. The van der Waals surface area contributed by atoms with Crippen LogP contribution < -0.4 is 0 Å². The summed E-state index contributed by atoms with van der Waals surface area (Å²) in [6.07, 6.45) is 0. The summed E-state index contributed by atoms with van der Waals surface area (Å²) in [5.41, 5.74) is 21.6. The lowest BCUT2D eigenvalue weighted by Gasteiger charge is -2.24. The van der Waals surface area contributed by atoms with Gasteiger partial charge in [0.05, 0.1) is 16.7 Å². The van der Waals surface area contributed by atoms with Gasteiger partial charge >= 0.3 is 0 Å². The Kier molecular flexibility index (Phi) is 7.98. The van der Waals surface area contributed by atoms with E-state index in [1.54, 1.807) is 0 Å². The molecule has 2 aliphatic rings. The molecule has 0 saturated heterocycles. The summed E-state index contributed by atoms with van der Waals surface area (Å²) in [7, 11) is 0. The first kappa shape index (κ1) is 36.4. The normalized spacial score (nSPS) is 14.2. The van der Waals surface area contributed by atoms with Gasteiger partial charge in [-0.1, -0.05) is 167 Å². The topological polar surface area (TPSA) is 4.93 Å². The molecule has 1 heteroatoms. The number of nitrogens with zero attached hydrogens (tertiary/aromatic N) is 1. The lowest BCUT2D eigenvalue weighted by atomic mass is 9.79. The maximum Gasteiger partial charge on any atom is 0.0544 e. The van der Waals surface area contributed by atoms with Gasteiger partial charge in [0.15, 0.2) is 0 Å². The molecule has 0 unspecified atom stereocenters. The fourth-order valence-corrected chi connectivity index (χ4v) is 10.9. The quantitative estimate of drug-likeness (QED) is 0.165. The molecule has 1 aromatic heterocycles. The Morgan fingerprint density at radius 1 is 0.317 bits per heavy atom. The van der Waals surface area contributed by atoms with Gasteiger partial charge in [-0.15, -0.1) is 0 Å². The van der Waals surface area contributed by atoms with Gasteiger partial charge in [-0.2, -0.15) is 0 Å². The second kappa shape index (κ2) is 13.2. The highest BCUT2D eigenvalue weighted by atomic mass is 15.0. The molecule has 60 heavy (non-hydrogen) atoms. The Morgan fingerprint density at radius 2 is 0.700 bits per heavy atom. The summed E-state index contributed by atoms with van der Waals surface area (Å²) in [6, 6.07) is 62.9. The smallest absolute Gasteiger partial charge is 0.0544 e. The number of aromatic nitrogens is 1. The van der Waals surface area contributed by atoms with Gasteiger partial charge in [0.1, 0.15) is 0 Å². The van der Waals surface area contributed by atoms with E-state index in [1.807, 2.05) is 0 Å². The van der Waals surface area contributed by atoms with E-state index in [4.69, 9.17) is 0 Å². The molecule has 2 aliphatic carbocycles. The molecule has 1 nitrogen and oxygen atoms in total. The standard InChI is InChI=1S/C45H35N.C14H14/c1-26-22-37-42(31-18-8-6-14-27(26)31)33-23-36-34(24-35(33)44(37,2)3)43-32-19-9-7-17-30(32)41(25-38(43)45(36,4)5)46-39-20-12-10-15-28(39)29-16-11-13-21-40(29)46;1-11-7-3-5-9-13(11)14-10-6-4-8-12(14)2/h6-25H,1-5H3;3-10H,1-2H3. The van der Waals surface area contributed by atoms with Crippen LogP contribution in [-0.4, -0.2) is 4.57 Å². The third kappa shape index (κ3) is 5.11. The van der Waals surface area contributed by atoms with Gasteiger partial charge < -0.3 is 4.57 Å². The van der Waals surface area contributed by atoms with Crippen LogP contribution in [-0.2, 0) is 10.8 Å². The van der Waals surface area contributed by atoms with Crippen LogP contribution >= 0.6 is 0 Å². The van der Waals surface area contributed by atoms with Crippen LogP contribution in [0.3, 0.4) is 0 Å². The van der Waals surface area contributed by atoms with Gasteiger partial charge in [0, 0.05) is 27.0 Å². The molecule has 290 valence electrons. The van der Waals surface area contributed by atoms with Crippen LogP contribution in [0.4, 0.5) is 0 Å². The van der Waals surface area contributed by atoms with E-state index >= 15 is 0 Å². The van der Waals surface area contributed by atoms with Crippen molar-refractivity contribution < 1.29 is 0 Å². The van der Waals surface area contributed by atoms with Crippen molar-refractivity contribution in [1.82, 2.24) is 4.57 Å². The molecule has 0 radical (unpaired) electrons. The first-order valence-electron chi connectivity index (χ1n) is 21.4. The third-order valence-electron chi connectivity index (χ3n) is 14.1. The fraction of sp³-hybridized carbons (Fsp3) is 0.153. The Hall–Kier alpha value is -6.70. The number of para-hydroxylation sites is 2. The zero-order valence-corrected chi connectivity index (χ0v) is 35.6. The minimum atomic E-state index is -0.162. The van der Waals surface area contributed by atoms with E-state index in [-0.39, 0.29) is 10.8 Å². The van der Waals surface area contributed by atoms with Crippen molar-refractivity contribution in [3.05, 3.63) is 209 Å². The maximum absolute atomic E-state index is 2.56. The molecule has 12 rings (SSSR count). The summed E-state index contributed by atoms with van der Waals surface area (Å²) >= 11 is 0. The van der Waals surface area contributed by atoms with Crippen molar-refractivity contribution in [1.29, 1.82) is 0 Å². The zero-order chi connectivity index (χ0) is 41.1. The number of rotatable bonds is 2. The van der Waals surface area contributed by atoms with E-state index < -0.39 is 0 Å². The number of benzene rings is 9. The van der Waals surface area contributed by atoms with E-state index in [0.29, 0.717) is 0 Å². The second-order valence-electron chi connectivity index (χ2n) is 18.2. The predicted molar refractivity (Wildman–Crippen MR) is 257 cm³/mol. The fourth-order valence-electron chi connectivity index (χ4n) is 10.9. The number of hydrogen-bond acceptors (Lipinski definition) is 0. The Balaban J connectivity index is 0.000000248. The van der Waals surface area contributed by atoms with E-state index in [0.717, 1.165) is 0 Å². The first-order chi connectivity index (χ1) is 29.1. The van der Waals surface area contributed by atoms with E-state index in [2.05, 4.69) is 223 Å². The highest BCUT2D eigenvalue weighted by Crippen LogP contribution is 2.59. The van der Waals surface area contributed by atoms with Crippen LogP contribution in [0.15, 0.2) is 170 Å². The van der Waals surface area contributed by atoms with Gasteiger partial charge in [-0.25, -0.2) is 0 Å². The second-order valence-corrected chi connectivity index (χ2v) is 18.2. The van der Waals surface area contributed by atoms with Crippen LogP contribution in [0.1, 0.15) is 66.6 Å². The van der Waals surface area contributed by atoms with Gasteiger partial charge in [-0.05, 0) is 140 Å². The predicted octanol–water partition coefficient (Wildman–Crippen LogP) is 16.0. The monoisotopic (exact) mass is 771 g/mol. The number of hydrogen-bond donors (Lipinski definition) is 0. The largest absolute Gasteiger partial charge is 0.309 e. The Bertz CT molecular complexity index is 3310. The SMILES string of the molecule is Cc1cc2c(c3ccccc13)-c1cc3c(cc1C2(C)C)-c1c(cc(-n2c4ccccc4c4ccccc42)c2ccccc12)C3(C)C.Cc1ccccc1-c1ccccc1C. The summed E-state index contributed by atoms with van der Waals surface area (Å²) in [5.74, 6) is 0. The average molecular weight is 772 g/mol. The molecule has 0 spiro atoms. The first-order valence-corrected chi connectivity index (χ1v) is 21.4. The molecule has 10 aromatic rings. The van der Waals surface area contributed by atoms with Crippen molar-refractivity contribution in [3.63, 3.8) is 0 Å². The van der Waals surface area contributed by atoms with E-state index in [9.17, 15) is 0 Å². The van der Waals surface area contributed by atoms with Gasteiger partial charge in [-0.3, -0.25) is 0 Å². The van der Waals surface area contributed by atoms with Crippen molar-refractivity contribution in [2.24, 2.45) is 0 Å². The minimum absolute atomic E-state index is 0.0832. The van der Waals surface area contributed by atoms with E-state index in [1.165, 1.54) is 121 Å². The highest BCUT2D eigenvalue weighted by molar-refractivity contribution is 6.13. The van der Waals surface area contributed by atoms with Gasteiger partial charge in [0.25, 0.3) is 0 Å². The molecule has 0 fully saturated rings. The molecule has 1 heterocycles. The molecule has 9 aromatic carbocycles. The summed E-state index contributed by atoms with van der Waals surface area (Å²) in [5, 5.41) is 7.95. The Labute approximate surface area is 353 Å². The lowest BCUT2D eigenvalue weighted by Crippen LogP contribution is -2.17. The van der Waals surface area contributed by atoms with Crippen molar-refractivity contribution in [2.75, 3.05) is 0 Å².